The van der Waals surface area contributed by atoms with Gasteiger partial charge in [-0.05, 0) is 61.3 Å². The van der Waals surface area contributed by atoms with Gasteiger partial charge in [-0.1, -0.05) is 18.2 Å². The Balaban J connectivity index is 1.24. The summed E-state index contributed by atoms with van der Waals surface area (Å²) in [5, 5.41) is 38.4. The molecule has 39 heavy (non-hydrogen) atoms. The minimum Gasteiger partial charge on any atom is -0.405 e. The van der Waals surface area contributed by atoms with Crippen molar-refractivity contribution in [2.75, 3.05) is 30.3 Å². The quantitative estimate of drug-likeness (QED) is 0.287. The number of aromatic nitrogens is 2. The van der Waals surface area contributed by atoms with Crippen LogP contribution in [0.1, 0.15) is 43.2 Å². The highest BCUT2D eigenvalue weighted by Gasteiger charge is 2.55. The van der Waals surface area contributed by atoms with Crippen molar-refractivity contribution < 1.29 is 28.1 Å². The Bertz CT molecular complexity index is 1190. The average molecular weight is 547 g/mol. The second-order valence-corrected chi connectivity index (χ2v) is 11.2. The zero-order valence-electron chi connectivity index (χ0n) is 21.4. The summed E-state index contributed by atoms with van der Waals surface area (Å²) in [6, 6.07) is 8.31. The van der Waals surface area contributed by atoms with Crippen molar-refractivity contribution in [2.24, 2.45) is 23.2 Å². The predicted molar refractivity (Wildman–Crippen MR) is 137 cm³/mol. The number of aliphatic hydroxyl groups is 2. The Morgan fingerprint density at radius 2 is 1.90 bits per heavy atom. The van der Waals surface area contributed by atoms with Crippen LogP contribution in [0.5, 0.6) is 5.75 Å². The van der Waals surface area contributed by atoms with Crippen molar-refractivity contribution >= 4 is 11.8 Å². The molecule has 0 aliphatic heterocycles. The fourth-order valence-electron chi connectivity index (χ4n) is 7.08. The Hall–Kier alpha value is -3.14. The summed E-state index contributed by atoms with van der Waals surface area (Å²) >= 11 is 0. The van der Waals surface area contributed by atoms with Gasteiger partial charge in [-0.15, -0.1) is 13.2 Å². The Kier molecular flexibility index (Phi) is 7.84. The molecule has 0 amide bonds. The summed E-state index contributed by atoms with van der Waals surface area (Å²) in [5.41, 5.74) is 0.674. The molecule has 4 aliphatic carbocycles. The maximum absolute atomic E-state index is 12.8. The van der Waals surface area contributed by atoms with Crippen molar-refractivity contribution in [3.05, 3.63) is 41.6 Å². The van der Waals surface area contributed by atoms with E-state index >= 15 is 0 Å². The molecule has 0 saturated heterocycles. The van der Waals surface area contributed by atoms with E-state index in [4.69, 9.17) is 5.11 Å². The standard InChI is InChI=1S/C27H33F3N6O3/c28-27(29,30)39-22-4-2-1-3-17(22)11-33-25-34-12-20(10-31)24(36-25)35-15-26-7-16-5-18(8-26)23(19(6-16)9-26)32-13-21(38)14-37/h1-4,12,16,18-19,21,23,32,37-38H,5-9,11,13-15H2,(H2,33,34,35,36)/t16?,18-,19+,21?,23+,26-. The van der Waals surface area contributed by atoms with Gasteiger partial charge in [0.05, 0.1) is 18.9 Å². The van der Waals surface area contributed by atoms with Gasteiger partial charge in [-0.25, -0.2) is 4.98 Å². The van der Waals surface area contributed by atoms with E-state index in [9.17, 15) is 23.5 Å². The van der Waals surface area contributed by atoms with Crippen LogP contribution in [0.15, 0.2) is 30.5 Å². The lowest BCUT2D eigenvalue weighted by Gasteiger charge is -2.60. The maximum Gasteiger partial charge on any atom is 0.573 e. The first-order valence-electron chi connectivity index (χ1n) is 13.3. The highest BCUT2D eigenvalue weighted by Crippen LogP contribution is 2.60. The minimum atomic E-state index is -4.80. The number of hydrogen-bond acceptors (Lipinski definition) is 9. The third-order valence-electron chi connectivity index (χ3n) is 8.38. The average Bonchev–Trinajstić information content (AvgIpc) is 2.89. The van der Waals surface area contributed by atoms with Gasteiger partial charge in [0, 0.05) is 31.2 Å². The third kappa shape index (κ3) is 6.37. The van der Waals surface area contributed by atoms with Gasteiger partial charge in [0.2, 0.25) is 5.95 Å². The van der Waals surface area contributed by atoms with E-state index < -0.39 is 12.5 Å². The van der Waals surface area contributed by atoms with E-state index in [0.29, 0.717) is 53.8 Å². The molecule has 4 aliphatic rings. The molecule has 6 rings (SSSR count). The minimum absolute atomic E-state index is 0.00589. The molecule has 2 aromatic rings. The molecule has 210 valence electrons. The SMILES string of the molecule is N#Cc1cnc(NCc2ccccc2OC(F)(F)F)nc1NC[C@]12CC3C[C@H](C1)[C@H](NCC(O)CO)[C@@H](C3)C2. The lowest BCUT2D eigenvalue weighted by Crippen LogP contribution is -2.60. The lowest BCUT2D eigenvalue weighted by molar-refractivity contribution is -0.274. The molecule has 4 bridgehead atoms. The second-order valence-electron chi connectivity index (χ2n) is 11.2. The van der Waals surface area contributed by atoms with Gasteiger partial charge < -0.3 is 30.9 Å². The lowest BCUT2D eigenvalue weighted by atomic mass is 9.48. The molecule has 4 saturated carbocycles. The number of nitriles is 1. The molecule has 4 fully saturated rings. The number of alkyl halides is 3. The normalized spacial score (nSPS) is 28.1. The van der Waals surface area contributed by atoms with Crippen LogP contribution in [-0.2, 0) is 6.54 Å². The smallest absolute Gasteiger partial charge is 0.405 e. The largest absolute Gasteiger partial charge is 0.573 e. The van der Waals surface area contributed by atoms with E-state index in [1.54, 1.807) is 6.07 Å². The summed E-state index contributed by atoms with van der Waals surface area (Å²) in [6.07, 6.45) is 1.36. The highest BCUT2D eigenvalue weighted by molar-refractivity contribution is 5.53. The van der Waals surface area contributed by atoms with Crippen LogP contribution in [0, 0.1) is 34.5 Å². The summed E-state index contributed by atoms with van der Waals surface area (Å²) in [6.45, 7) is 0.803. The summed E-state index contributed by atoms with van der Waals surface area (Å²) < 4.78 is 42.4. The second kappa shape index (κ2) is 11.2. The summed E-state index contributed by atoms with van der Waals surface area (Å²) in [4.78, 5) is 8.63. The van der Waals surface area contributed by atoms with Crippen LogP contribution < -0.4 is 20.7 Å². The van der Waals surface area contributed by atoms with Crippen LogP contribution in [0.25, 0.3) is 0 Å². The van der Waals surface area contributed by atoms with Crippen molar-refractivity contribution in [1.29, 1.82) is 5.26 Å². The zero-order chi connectivity index (χ0) is 27.6. The van der Waals surface area contributed by atoms with Crippen molar-refractivity contribution in [3.8, 4) is 11.8 Å². The number of anilines is 2. The monoisotopic (exact) mass is 546 g/mol. The van der Waals surface area contributed by atoms with E-state index in [2.05, 4.69) is 36.7 Å². The number of rotatable bonds is 11. The summed E-state index contributed by atoms with van der Waals surface area (Å²) in [5.74, 6) is 1.94. The molecular formula is C27H33F3N6O3. The molecule has 1 aromatic carbocycles. The number of halogens is 3. The predicted octanol–water partition coefficient (Wildman–Crippen LogP) is 3.41. The molecule has 0 radical (unpaired) electrons. The van der Waals surface area contributed by atoms with E-state index in [1.165, 1.54) is 24.4 Å². The molecule has 9 nitrogen and oxygen atoms in total. The number of nitrogens with zero attached hydrogens (tertiary/aromatic N) is 3. The van der Waals surface area contributed by atoms with Gasteiger partial charge in [0.1, 0.15) is 23.2 Å². The topological polar surface area (TPSA) is 135 Å². The molecule has 12 heteroatoms. The first kappa shape index (κ1) is 27.4. The molecule has 5 N–H and O–H groups in total. The molecule has 2 unspecified atom stereocenters. The van der Waals surface area contributed by atoms with Gasteiger partial charge in [0.15, 0.2) is 0 Å². The zero-order valence-corrected chi connectivity index (χ0v) is 21.4. The van der Waals surface area contributed by atoms with Crippen LogP contribution in [0.3, 0.4) is 0 Å². The highest BCUT2D eigenvalue weighted by atomic mass is 19.4. The number of nitrogens with one attached hydrogen (secondary N) is 3. The van der Waals surface area contributed by atoms with Gasteiger partial charge in [-0.2, -0.15) is 10.2 Å². The first-order valence-corrected chi connectivity index (χ1v) is 13.3. The number of ether oxygens (including phenoxy) is 1. The molecule has 1 aromatic heterocycles. The number of aliphatic hydroxyl groups excluding tert-OH is 2. The summed E-state index contributed by atoms with van der Waals surface area (Å²) in [7, 11) is 0. The molecule has 6 atom stereocenters. The molecule has 1 heterocycles. The Morgan fingerprint density at radius 3 is 2.59 bits per heavy atom. The van der Waals surface area contributed by atoms with E-state index in [1.807, 2.05) is 0 Å². The maximum atomic E-state index is 12.8. The number of para-hydroxylation sites is 1. The molecular weight excluding hydrogens is 513 g/mol. The van der Waals surface area contributed by atoms with Crippen molar-refractivity contribution in [1.82, 2.24) is 15.3 Å². The number of benzene rings is 1. The Labute approximate surface area is 224 Å². The third-order valence-corrected chi connectivity index (χ3v) is 8.38. The van der Waals surface area contributed by atoms with Crippen molar-refractivity contribution in [2.45, 2.75) is 57.2 Å². The molecule has 0 spiro atoms. The fourth-order valence-corrected chi connectivity index (χ4v) is 7.08. The first-order chi connectivity index (χ1) is 18.7. The van der Waals surface area contributed by atoms with Gasteiger partial charge in [-0.3, -0.25) is 0 Å². The fraction of sp³-hybridized carbons (Fsp3) is 0.593. The van der Waals surface area contributed by atoms with Gasteiger partial charge >= 0.3 is 6.36 Å². The van der Waals surface area contributed by atoms with Crippen LogP contribution in [-0.4, -0.2) is 58.4 Å². The van der Waals surface area contributed by atoms with Crippen LogP contribution in [0.2, 0.25) is 0 Å². The Morgan fingerprint density at radius 1 is 1.15 bits per heavy atom. The van der Waals surface area contributed by atoms with Gasteiger partial charge in [0.25, 0.3) is 0 Å². The van der Waals surface area contributed by atoms with E-state index in [0.717, 1.165) is 32.1 Å². The van der Waals surface area contributed by atoms with Crippen molar-refractivity contribution in [3.63, 3.8) is 0 Å². The van der Waals surface area contributed by atoms with E-state index in [-0.39, 0.29) is 30.3 Å². The van der Waals surface area contributed by atoms with Crippen LogP contribution >= 0.6 is 0 Å². The van der Waals surface area contributed by atoms with Crippen LogP contribution in [0.4, 0.5) is 24.9 Å². The number of hydrogen-bond donors (Lipinski definition) is 5.